The van der Waals surface area contributed by atoms with Gasteiger partial charge >= 0.3 is 0 Å². The first kappa shape index (κ1) is 10.8. The summed E-state index contributed by atoms with van der Waals surface area (Å²) in [7, 11) is 0. The quantitative estimate of drug-likeness (QED) is 0.672. The van der Waals surface area contributed by atoms with Gasteiger partial charge in [0.1, 0.15) is 0 Å². The summed E-state index contributed by atoms with van der Waals surface area (Å²) in [5, 5.41) is 5.19. The van der Waals surface area contributed by atoms with Crippen LogP contribution in [0.1, 0.15) is 0 Å². The average molecular weight is 360 g/mol. The smallest absolute Gasteiger partial charge is 0.0339 e. The number of benzene rings is 2. The molecule has 0 unspecified atom stereocenters. The van der Waals surface area contributed by atoms with Crippen LogP contribution in [-0.2, 0) is 0 Å². The van der Waals surface area contributed by atoms with Crippen LogP contribution in [-0.4, -0.2) is 0 Å². The van der Waals surface area contributed by atoms with Crippen LogP contribution in [0.15, 0.2) is 48.5 Å². The minimum atomic E-state index is 1.20. The summed E-state index contributed by atoms with van der Waals surface area (Å²) in [6.45, 7) is 0. The first-order valence-corrected chi connectivity index (χ1v) is 7.37. The van der Waals surface area contributed by atoms with Gasteiger partial charge in [-0.1, -0.05) is 48.5 Å². The Hall–Kier alpha value is -1.12. The van der Waals surface area contributed by atoms with E-state index in [0.717, 1.165) is 0 Å². The fourth-order valence-electron chi connectivity index (χ4n) is 2.78. The number of hydrogen-bond acceptors (Lipinski definition) is 0. The molecular weight excluding hydrogens is 352 g/mol. The molecule has 2 heteroatoms. The fraction of sp³-hybridized carbons (Fsp3) is 0. The van der Waals surface area contributed by atoms with Gasteiger partial charge in [-0.15, -0.1) is 0 Å². The van der Waals surface area contributed by atoms with Gasteiger partial charge in [0.25, 0.3) is 0 Å². The molecule has 0 atom stereocenters. The zero-order valence-corrected chi connectivity index (χ0v) is 12.5. The standard InChI is InChI=1S/C16H8Br2/c17-15-11-7-3-1-5-9(11)13-14(15)10-6-2-4-8-12(10)16(13)18/h1-8H. The maximum atomic E-state index is 3.77. The molecule has 0 fully saturated rings. The van der Waals surface area contributed by atoms with Crippen molar-refractivity contribution < 1.29 is 0 Å². The van der Waals surface area contributed by atoms with Crippen molar-refractivity contribution in [1.82, 2.24) is 0 Å². The van der Waals surface area contributed by atoms with Crippen molar-refractivity contribution in [2.45, 2.75) is 0 Å². The van der Waals surface area contributed by atoms with Gasteiger partial charge in [-0.3, -0.25) is 0 Å². The van der Waals surface area contributed by atoms with Crippen LogP contribution in [0.2, 0.25) is 0 Å². The predicted octanol–water partition coefficient (Wildman–Crippen LogP) is 1.72. The lowest BCUT2D eigenvalue weighted by Crippen LogP contribution is -2.26. The lowest BCUT2D eigenvalue weighted by molar-refractivity contribution is 1.52. The van der Waals surface area contributed by atoms with Crippen molar-refractivity contribution in [2.75, 3.05) is 0 Å². The normalized spacial score (nSPS) is 15.9. The third-order valence-electron chi connectivity index (χ3n) is 3.55. The molecule has 0 aromatic heterocycles. The van der Waals surface area contributed by atoms with E-state index in [0.29, 0.717) is 0 Å². The molecule has 2 aliphatic carbocycles. The Bertz CT molecular complexity index is 854. The molecule has 0 saturated carbocycles. The lowest BCUT2D eigenvalue weighted by atomic mass is 10.1. The molecule has 2 aromatic carbocycles. The third-order valence-corrected chi connectivity index (χ3v) is 5.20. The maximum Gasteiger partial charge on any atom is 0.0339 e. The summed E-state index contributed by atoms with van der Waals surface area (Å²) in [6, 6.07) is 17.1. The minimum absolute atomic E-state index is 1.20. The topological polar surface area (TPSA) is 0 Å². The molecule has 2 aromatic rings. The van der Waals surface area contributed by atoms with E-state index in [2.05, 4.69) is 80.4 Å². The van der Waals surface area contributed by atoms with Gasteiger partial charge in [0.2, 0.25) is 0 Å². The zero-order valence-electron chi connectivity index (χ0n) is 9.37. The van der Waals surface area contributed by atoms with E-state index in [9.17, 15) is 0 Å². The molecule has 0 aliphatic heterocycles. The van der Waals surface area contributed by atoms with Crippen molar-refractivity contribution >= 4 is 52.0 Å². The first-order chi connectivity index (χ1) is 8.79. The van der Waals surface area contributed by atoms with Crippen molar-refractivity contribution in [3.8, 4) is 0 Å². The molecule has 0 heterocycles. The minimum Gasteiger partial charge on any atom is -0.0616 e. The van der Waals surface area contributed by atoms with Crippen molar-refractivity contribution in [3.05, 3.63) is 69.4 Å². The van der Waals surface area contributed by atoms with Crippen LogP contribution in [0.3, 0.4) is 0 Å². The number of halogens is 2. The average Bonchev–Trinajstić information content (AvgIpc) is 2.87. The van der Waals surface area contributed by atoms with E-state index in [1.54, 1.807) is 0 Å². The highest BCUT2D eigenvalue weighted by atomic mass is 79.9. The Kier molecular flexibility index (Phi) is 2.21. The number of rotatable bonds is 0. The Balaban J connectivity index is 2.39. The Morgan fingerprint density at radius 2 is 0.833 bits per heavy atom. The Morgan fingerprint density at radius 3 is 1.22 bits per heavy atom. The monoisotopic (exact) mass is 358 g/mol. The second-order valence-electron chi connectivity index (χ2n) is 4.47. The first-order valence-electron chi connectivity index (χ1n) is 5.78. The van der Waals surface area contributed by atoms with Gasteiger partial charge in [0, 0.05) is 20.1 Å². The molecule has 4 rings (SSSR count). The predicted molar refractivity (Wildman–Crippen MR) is 82.9 cm³/mol. The summed E-state index contributed by atoms with van der Waals surface area (Å²) in [6.07, 6.45) is 0. The van der Waals surface area contributed by atoms with E-state index in [-0.39, 0.29) is 0 Å². The molecule has 0 bridgehead atoms. The van der Waals surface area contributed by atoms with Crippen molar-refractivity contribution in [3.63, 3.8) is 0 Å². The van der Waals surface area contributed by atoms with E-state index in [4.69, 9.17) is 0 Å². The van der Waals surface area contributed by atoms with Crippen LogP contribution < -0.4 is 20.9 Å². The highest BCUT2D eigenvalue weighted by Crippen LogP contribution is 2.37. The van der Waals surface area contributed by atoms with Crippen LogP contribution >= 0.6 is 31.9 Å². The van der Waals surface area contributed by atoms with Crippen molar-refractivity contribution in [2.24, 2.45) is 0 Å². The Labute approximate surface area is 121 Å². The molecule has 0 amide bonds. The largest absolute Gasteiger partial charge is 0.0616 e. The molecule has 0 spiro atoms. The molecule has 0 radical (unpaired) electrons. The van der Waals surface area contributed by atoms with Gasteiger partial charge in [-0.2, -0.15) is 0 Å². The lowest BCUT2D eigenvalue weighted by Gasteiger charge is -1.99. The fourth-order valence-corrected chi connectivity index (χ4v) is 4.29. The highest BCUT2D eigenvalue weighted by molar-refractivity contribution is 9.15. The van der Waals surface area contributed by atoms with Crippen molar-refractivity contribution in [1.29, 1.82) is 0 Å². The van der Waals surface area contributed by atoms with Crippen LogP contribution in [0.25, 0.3) is 20.1 Å². The molecule has 86 valence electrons. The molecular formula is C16H8Br2. The third kappa shape index (κ3) is 1.20. The van der Waals surface area contributed by atoms with E-state index < -0.39 is 0 Å². The SMILES string of the molecule is BrC1=c2ccccc2=C2C(Br)=c3ccccc3=C12. The molecule has 0 nitrogen and oxygen atoms in total. The molecule has 0 N–H and O–H groups in total. The second kappa shape index (κ2) is 3.69. The molecule has 18 heavy (non-hydrogen) atoms. The summed E-state index contributed by atoms with van der Waals surface area (Å²) < 4.78 is 2.41. The summed E-state index contributed by atoms with van der Waals surface area (Å²) >= 11 is 7.53. The van der Waals surface area contributed by atoms with Gasteiger partial charge in [-0.05, 0) is 52.7 Å². The van der Waals surface area contributed by atoms with Gasteiger partial charge in [0.05, 0.1) is 0 Å². The maximum absolute atomic E-state index is 3.77. The van der Waals surface area contributed by atoms with Crippen LogP contribution in [0.5, 0.6) is 0 Å². The molecule has 2 aliphatic rings. The van der Waals surface area contributed by atoms with E-state index in [1.807, 2.05) is 0 Å². The zero-order chi connectivity index (χ0) is 12.3. The number of hydrogen-bond donors (Lipinski definition) is 0. The summed E-state index contributed by atoms with van der Waals surface area (Å²) in [5.41, 5.74) is 2.64. The van der Waals surface area contributed by atoms with Gasteiger partial charge in [0.15, 0.2) is 0 Å². The van der Waals surface area contributed by atoms with Crippen LogP contribution in [0, 0.1) is 0 Å². The van der Waals surface area contributed by atoms with Crippen LogP contribution in [0.4, 0.5) is 0 Å². The molecule has 0 saturated heterocycles. The van der Waals surface area contributed by atoms with E-state index in [1.165, 1.54) is 41.0 Å². The summed E-state index contributed by atoms with van der Waals surface area (Å²) in [4.78, 5) is 0. The Morgan fingerprint density at radius 1 is 0.500 bits per heavy atom. The summed E-state index contributed by atoms with van der Waals surface area (Å²) in [5.74, 6) is 0. The second-order valence-corrected chi connectivity index (χ2v) is 6.06. The highest BCUT2D eigenvalue weighted by Gasteiger charge is 2.25. The van der Waals surface area contributed by atoms with E-state index >= 15 is 0 Å². The van der Waals surface area contributed by atoms with Gasteiger partial charge in [-0.25, -0.2) is 0 Å². The number of fused-ring (bicyclic) bond motifs is 3. The van der Waals surface area contributed by atoms with Gasteiger partial charge < -0.3 is 0 Å².